The lowest BCUT2D eigenvalue weighted by atomic mass is 10.0. The summed E-state index contributed by atoms with van der Waals surface area (Å²) in [6.07, 6.45) is 1.78. The molecule has 1 heterocycles. The van der Waals surface area contributed by atoms with Crippen LogP contribution in [0.5, 0.6) is 5.75 Å². The molecule has 3 rings (SSSR count). The lowest BCUT2D eigenvalue weighted by Gasteiger charge is -2.19. The molecule has 0 N–H and O–H groups in total. The van der Waals surface area contributed by atoms with E-state index in [-0.39, 0.29) is 18.1 Å². The minimum atomic E-state index is -0.173. The summed E-state index contributed by atoms with van der Waals surface area (Å²) >= 11 is 1.78. The number of benzene rings is 2. The molecule has 0 aliphatic carbocycles. The van der Waals surface area contributed by atoms with Gasteiger partial charge in [0.25, 0.3) is 5.91 Å². The molecule has 2 unspecified atom stereocenters. The zero-order valence-corrected chi connectivity index (χ0v) is 17.2. The quantitative estimate of drug-likeness (QED) is 0.751. The molecule has 0 saturated carbocycles. The minimum absolute atomic E-state index is 0.0421. The van der Waals surface area contributed by atoms with Crippen LogP contribution in [-0.4, -0.2) is 49.5 Å². The first-order valence-corrected chi connectivity index (χ1v) is 10.5. The number of carbonyl (C=O) groups excluding carboxylic acids is 1. The molecule has 0 radical (unpaired) electrons. The highest BCUT2D eigenvalue weighted by molar-refractivity contribution is 7.97. The van der Waals surface area contributed by atoms with Crippen molar-refractivity contribution >= 4 is 17.7 Å². The molecule has 27 heavy (non-hydrogen) atoms. The highest BCUT2D eigenvalue weighted by Gasteiger charge is 2.37. The van der Waals surface area contributed by atoms with Gasteiger partial charge in [0.1, 0.15) is 18.0 Å². The van der Waals surface area contributed by atoms with Gasteiger partial charge in [0.05, 0.1) is 13.1 Å². The Kier molecular flexibility index (Phi) is 6.45. The summed E-state index contributed by atoms with van der Waals surface area (Å²) < 4.78 is 11.8. The van der Waals surface area contributed by atoms with Crippen LogP contribution >= 0.6 is 11.8 Å². The lowest BCUT2D eigenvalue weighted by molar-refractivity contribution is 0.0339. The van der Waals surface area contributed by atoms with Gasteiger partial charge in [-0.1, -0.05) is 29.8 Å². The maximum Gasteiger partial charge on any atom is 0.254 e. The molecule has 1 saturated heterocycles. The van der Waals surface area contributed by atoms with Crippen LogP contribution in [-0.2, 0) is 10.5 Å². The number of aryl methyl sites for hydroxylation is 2. The smallest absolute Gasteiger partial charge is 0.254 e. The fraction of sp³-hybridized carbons (Fsp3) is 0.409. The van der Waals surface area contributed by atoms with E-state index in [4.69, 9.17) is 9.47 Å². The Bertz CT molecular complexity index is 808. The number of amides is 1. The van der Waals surface area contributed by atoms with E-state index < -0.39 is 0 Å². The molecule has 1 aliphatic rings. The number of rotatable bonds is 6. The second kappa shape index (κ2) is 8.81. The predicted molar refractivity (Wildman–Crippen MR) is 111 cm³/mol. The third-order valence-corrected chi connectivity index (χ3v) is 5.55. The van der Waals surface area contributed by atoms with E-state index in [1.807, 2.05) is 49.1 Å². The zero-order valence-electron chi connectivity index (χ0n) is 16.4. The van der Waals surface area contributed by atoms with Crippen LogP contribution in [0.1, 0.15) is 27.0 Å². The number of nitrogens with zero attached hydrogens (tertiary/aromatic N) is 1. The zero-order chi connectivity index (χ0) is 19.4. The molecule has 2 atom stereocenters. The molecule has 144 valence electrons. The Hall–Kier alpha value is -1.98. The van der Waals surface area contributed by atoms with Crippen LogP contribution in [0.2, 0.25) is 0 Å². The average Bonchev–Trinajstić information content (AvgIpc) is 3.06. The molecule has 2 aromatic carbocycles. The molecule has 5 heteroatoms. The van der Waals surface area contributed by atoms with Gasteiger partial charge in [-0.25, -0.2) is 0 Å². The highest BCUT2D eigenvalue weighted by atomic mass is 32.2. The van der Waals surface area contributed by atoms with Crippen molar-refractivity contribution in [3.8, 4) is 5.75 Å². The maximum absolute atomic E-state index is 13.0. The number of methoxy groups -OCH3 is 1. The normalized spacial score (nSPS) is 19.3. The molecule has 2 aromatic rings. The van der Waals surface area contributed by atoms with E-state index >= 15 is 0 Å². The van der Waals surface area contributed by atoms with Crippen LogP contribution in [0.4, 0.5) is 0 Å². The van der Waals surface area contributed by atoms with Crippen molar-refractivity contribution in [3.05, 3.63) is 64.7 Å². The fourth-order valence-corrected chi connectivity index (χ4v) is 3.95. The summed E-state index contributed by atoms with van der Waals surface area (Å²) in [6, 6.07) is 14.1. The van der Waals surface area contributed by atoms with Crippen LogP contribution in [0, 0.1) is 13.8 Å². The number of hydrogen-bond acceptors (Lipinski definition) is 4. The second-order valence-electron chi connectivity index (χ2n) is 7.04. The Morgan fingerprint density at radius 2 is 1.93 bits per heavy atom. The van der Waals surface area contributed by atoms with Crippen molar-refractivity contribution in [2.45, 2.75) is 31.8 Å². The summed E-state index contributed by atoms with van der Waals surface area (Å²) in [5, 5.41) is 0. The summed E-state index contributed by atoms with van der Waals surface area (Å²) in [5.41, 5.74) is 4.07. The molecule has 0 bridgehead atoms. The molecule has 1 aliphatic heterocycles. The van der Waals surface area contributed by atoms with Crippen molar-refractivity contribution in [1.29, 1.82) is 0 Å². The van der Waals surface area contributed by atoms with Crippen molar-refractivity contribution in [1.82, 2.24) is 4.90 Å². The maximum atomic E-state index is 13.0. The first-order valence-electron chi connectivity index (χ1n) is 9.15. The number of carbonyl (C=O) groups is 1. The standard InChI is InChI=1S/C22H27NO3S/c1-15-8-9-16(2)19(10-15)22(24)23-12-20(25-3)21(13-23)26-18-7-5-6-17(11-18)14-27-4/h5-11,20-21H,12-14H2,1-4H3. The van der Waals surface area contributed by atoms with Crippen molar-refractivity contribution in [2.75, 3.05) is 26.5 Å². The van der Waals surface area contributed by atoms with Gasteiger partial charge in [-0.3, -0.25) is 4.79 Å². The van der Waals surface area contributed by atoms with Gasteiger partial charge in [0.2, 0.25) is 0 Å². The Morgan fingerprint density at radius 3 is 2.67 bits per heavy atom. The SMILES string of the molecule is COC1CN(C(=O)c2cc(C)ccc2C)CC1Oc1cccc(CSC)c1. The van der Waals surface area contributed by atoms with Gasteiger partial charge in [-0.05, 0) is 49.4 Å². The summed E-state index contributed by atoms with van der Waals surface area (Å²) in [5.74, 6) is 1.82. The molecular formula is C22H27NO3S. The van der Waals surface area contributed by atoms with E-state index in [9.17, 15) is 4.79 Å². The Morgan fingerprint density at radius 1 is 1.15 bits per heavy atom. The predicted octanol–water partition coefficient (Wildman–Crippen LogP) is 4.08. The van der Waals surface area contributed by atoms with Crippen LogP contribution in [0.15, 0.2) is 42.5 Å². The number of hydrogen-bond donors (Lipinski definition) is 0. The molecule has 4 nitrogen and oxygen atoms in total. The third kappa shape index (κ3) is 4.66. The minimum Gasteiger partial charge on any atom is -0.486 e. The van der Waals surface area contributed by atoms with Crippen LogP contribution in [0.25, 0.3) is 0 Å². The summed E-state index contributed by atoms with van der Waals surface area (Å²) in [4.78, 5) is 14.9. The van der Waals surface area contributed by atoms with Crippen molar-refractivity contribution < 1.29 is 14.3 Å². The second-order valence-corrected chi connectivity index (χ2v) is 7.91. The Balaban J connectivity index is 1.74. The average molecular weight is 386 g/mol. The van der Waals surface area contributed by atoms with Crippen molar-refractivity contribution in [2.24, 2.45) is 0 Å². The van der Waals surface area contributed by atoms with E-state index in [0.29, 0.717) is 13.1 Å². The number of likely N-dealkylation sites (tertiary alicyclic amines) is 1. The largest absolute Gasteiger partial charge is 0.486 e. The number of ether oxygens (including phenoxy) is 2. The lowest BCUT2D eigenvalue weighted by Crippen LogP contribution is -2.32. The van der Waals surface area contributed by atoms with E-state index in [1.54, 1.807) is 18.9 Å². The first kappa shape index (κ1) is 19.8. The van der Waals surface area contributed by atoms with Crippen LogP contribution < -0.4 is 4.74 Å². The molecular weight excluding hydrogens is 358 g/mol. The highest BCUT2D eigenvalue weighted by Crippen LogP contribution is 2.24. The van der Waals surface area contributed by atoms with Gasteiger partial charge in [-0.2, -0.15) is 11.8 Å². The third-order valence-electron chi connectivity index (χ3n) is 4.93. The van der Waals surface area contributed by atoms with E-state index in [1.165, 1.54) is 5.56 Å². The van der Waals surface area contributed by atoms with Crippen LogP contribution in [0.3, 0.4) is 0 Å². The summed E-state index contributed by atoms with van der Waals surface area (Å²) in [7, 11) is 1.68. The Labute approximate surface area is 165 Å². The number of thioether (sulfide) groups is 1. The topological polar surface area (TPSA) is 38.8 Å². The van der Waals surface area contributed by atoms with E-state index in [2.05, 4.69) is 18.4 Å². The molecule has 0 aromatic heterocycles. The summed E-state index contributed by atoms with van der Waals surface area (Å²) in [6.45, 7) is 5.04. The van der Waals surface area contributed by atoms with Gasteiger partial charge in [0.15, 0.2) is 0 Å². The fourth-order valence-electron chi connectivity index (χ4n) is 3.44. The van der Waals surface area contributed by atoms with E-state index in [0.717, 1.165) is 28.2 Å². The van der Waals surface area contributed by atoms with Gasteiger partial charge in [-0.15, -0.1) is 0 Å². The van der Waals surface area contributed by atoms with Gasteiger partial charge < -0.3 is 14.4 Å². The van der Waals surface area contributed by atoms with Crippen molar-refractivity contribution in [3.63, 3.8) is 0 Å². The van der Waals surface area contributed by atoms with Gasteiger partial charge >= 0.3 is 0 Å². The monoisotopic (exact) mass is 385 g/mol. The molecule has 0 spiro atoms. The molecule has 1 amide bonds. The molecule has 1 fully saturated rings. The first-order chi connectivity index (χ1) is 13.0. The van der Waals surface area contributed by atoms with Gasteiger partial charge in [0, 0.05) is 18.4 Å².